The van der Waals surface area contributed by atoms with Gasteiger partial charge >= 0.3 is 6.01 Å². The first-order valence-electron chi connectivity index (χ1n) is 10.2. The van der Waals surface area contributed by atoms with E-state index in [1.54, 1.807) is 29.2 Å². The maximum Gasteiger partial charge on any atom is 0.316 e. The quantitative estimate of drug-likeness (QED) is 0.812. The van der Waals surface area contributed by atoms with E-state index in [2.05, 4.69) is 14.9 Å². The minimum Gasteiger partial charge on any atom is -0.460 e. The van der Waals surface area contributed by atoms with Crippen molar-refractivity contribution in [3.63, 3.8) is 0 Å². The third-order valence-corrected chi connectivity index (χ3v) is 5.89. The first kappa shape index (κ1) is 18.2. The molecule has 2 aliphatic rings. The fourth-order valence-electron chi connectivity index (χ4n) is 4.25. The fourth-order valence-corrected chi connectivity index (χ4v) is 4.25. The van der Waals surface area contributed by atoms with E-state index in [9.17, 15) is 4.79 Å². The maximum atomic E-state index is 12.0. The van der Waals surface area contributed by atoms with Gasteiger partial charge in [-0.3, -0.25) is 4.79 Å². The van der Waals surface area contributed by atoms with Crippen LogP contribution in [0.15, 0.2) is 35.5 Å². The van der Waals surface area contributed by atoms with Crippen molar-refractivity contribution in [2.24, 2.45) is 0 Å². The van der Waals surface area contributed by atoms with Gasteiger partial charge in [-0.1, -0.05) is 12.8 Å². The predicted molar refractivity (Wildman–Crippen MR) is 105 cm³/mol. The highest BCUT2D eigenvalue weighted by molar-refractivity contribution is 5.60. The van der Waals surface area contributed by atoms with Crippen LogP contribution in [0.4, 0.5) is 0 Å². The first-order chi connectivity index (χ1) is 13.2. The summed E-state index contributed by atoms with van der Waals surface area (Å²) < 4.78 is 7.67. The largest absolute Gasteiger partial charge is 0.460 e. The van der Waals surface area contributed by atoms with E-state index in [0.717, 1.165) is 43.1 Å². The summed E-state index contributed by atoms with van der Waals surface area (Å²) in [5, 5.41) is 0. The van der Waals surface area contributed by atoms with E-state index in [4.69, 9.17) is 4.74 Å². The molecular weight excluding hydrogens is 340 g/mol. The number of nitrogens with zero attached hydrogens (tertiary/aromatic N) is 4. The van der Waals surface area contributed by atoms with Crippen LogP contribution >= 0.6 is 0 Å². The van der Waals surface area contributed by atoms with Crippen molar-refractivity contribution < 1.29 is 4.74 Å². The lowest BCUT2D eigenvalue weighted by atomic mass is 10.0. The minimum atomic E-state index is -0.00986. The Morgan fingerprint density at radius 2 is 1.78 bits per heavy atom. The second kappa shape index (κ2) is 8.21. The molecule has 6 heteroatoms. The highest BCUT2D eigenvalue weighted by Crippen LogP contribution is 2.27. The molecule has 0 radical (unpaired) electrons. The molecule has 0 N–H and O–H groups in total. The van der Waals surface area contributed by atoms with Crippen LogP contribution in [0.1, 0.15) is 45.4 Å². The van der Waals surface area contributed by atoms with E-state index < -0.39 is 0 Å². The summed E-state index contributed by atoms with van der Waals surface area (Å²) in [6, 6.07) is 4.77. The maximum absolute atomic E-state index is 12.0. The van der Waals surface area contributed by atoms with Crippen molar-refractivity contribution in [3.05, 3.63) is 41.1 Å². The van der Waals surface area contributed by atoms with Crippen LogP contribution in [0.5, 0.6) is 6.01 Å². The Morgan fingerprint density at radius 3 is 2.41 bits per heavy atom. The minimum absolute atomic E-state index is 0.00986. The monoisotopic (exact) mass is 368 g/mol. The lowest BCUT2D eigenvalue weighted by molar-refractivity contribution is 0.0710. The second-order valence-corrected chi connectivity index (χ2v) is 7.59. The highest BCUT2D eigenvalue weighted by Gasteiger charge is 2.28. The van der Waals surface area contributed by atoms with E-state index in [-0.39, 0.29) is 11.7 Å². The van der Waals surface area contributed by atoms with E-state index >= 15 is 0 Å². The van der Waals surface area contributed by atoms with Crippen LogP contribution in [-0.2, 0) is 6.54 Å². The summed E-state index contributed by atoms with van der Waals surface area (Å²) in [5.41, 5.74) is 1.66. The Bertz CT molecular complexity index is 804. The van der Waals surface area contributed by atoms with Gasteiger partial charge in [-0.15, -0.1) is 0 Å². The summed E-state index contributed by atoms with van der Waals surface area (Å²) in [5.74, 6) is 0. The van der Waals surface area contributed by atoms with E-state index in [1.165, 1.54) is 25.7 Å². The number of ether oxygens (including phenoxy) is 1. The summed E-state index contributed by atoms with van der Waals surface area (Å²) in [4.78, 5) is 23.3. The Kier molecular flexibility index (Phi) is 5.53. The number of likely N-dealkylation sites (tertiary alicyclic amines) is 1. The van der Waals surface area contributed by atoms with Gasteiger partial charge in [0.15, 0.2) is 0 Å². The second-order valence-electron chi connectivity index (χ2n) is 7.59. The molecule has 1 saturated heterocycles. The molecule has 144 valence electrons. The Hall–Kier alpha value is -2.21. The van der Waals surface area contributed by atoms with Gasteiger partial charge < -0.3 is 14.2 Å². The molecule has 0 atom stereocenters. The van der Waals surface area contributed by atoms with Gasteiger partial charge in [-0.2, -0.15) is 0 Å². The third kappa shape index (κ3) is 4.21. The van der Waals surface area contributed by atoms with E-state index in [0.29, 0.717) is 12.6 Å². The van der Waals surface area contributed by atoms with Gasteiger partial charge in [0, 0.05) is 55.9 Å². The van der Waals surface area contributed by atoms with Crippen molar-refractivity contribution in [3.8, 4) is 17.1 Å². The summed E-state index contributed by atoms with van der Waals surface area (Å²) in [7, 11) is 0. The fraction of sp³-hybridized carbons (Fsp3) is 0.571. The van der Waals surface area contributed by atoms with Gasteiger partial charge in [0.25, 0.3) is 5.56 Å². The zero-order valence-corrected chi connectivity index (χ0v) is 16.0. The van der Waals surface area contributed by atoms with Crippen molar-refractivity contribution in [2.75, 3.05) is 13.1 Å². The molecule has 1 aliphatic heterocycles. The van der Waals surface area contributed by atoms with Gasteiger partial charge in [0.2, 0.25) is 0 Å². The molecule has 27 heavy (non-hydrogen) atoms. The number of aromatic nitrogens is 3. The molecule has 0 bridgehead atoms. The molecule has 3 heterocycles. The van der Waals surface area contributed by atoms with E-state index in [1.807, 2.05) is 13.0 Å². The summed E-state index contributed by atoms with van der Waals surface area (Å²) in [6.45, 7) is 4.85. The molecule has 6 nitrogen and oxygen atoms in total. The normalized spacial score (nSPS) is 19.4. The number of rotatable bonds is 5. The Balaban J connectivity index is 1.34. The number of pyridine rings is 1. The SMILES string of the molecule is CCn1ccc(-c2cnc(OC3CCN(C4CCCC4)CC3)nc2)cc1=O. The Morgan fingerprint density at radius 1 is 1.07 bits per heavy atom. The summed E-state index contributed by atoms with van der Waals surface area (Å²) in [6.07, 6.45) is 13.0. The van der Waals surface area contributed by atoms with Gasteiger partial charge in [0.1, 0.15) is 6.10 Å². The van der Waals surface area contributed by atoms with Gasteiger partial charge in [0.05, 0.1) is 0 Å². The van der Waals surface area contributed by atoms with Crippen molar-refractivity contribution >= 4 is 0 Å². The zero-order valence-electron chi connectivity index (χ0n) is 16.0. The molecule has 2 fully saturated rings. The topological polar surface area (TPSA) is 60.2 Å². The van der Waals surface area contributed by atoms with Crippen molar-refractivity contribution in [1.82, 2.24) is 19.4 Å². The number of piperidine rings is 1. The number of aryl methyl sites for hydroxylation is 1. The van der Waals surface area contributed by atoms with Crippen LogP contribution in [0.25, 0.3) is 11.1 Å². The summed E-state index contributed by atoms with van der Waals surface area (Å²) >= 11 is 0. The van der Waals surface area contributed by atoms with Gasteiger partial charge in [-0.05, 0) is 44.2 Å². The molecule has 0 amide bonds. The lowest BCUT2D eigenvalue weighted by Crippen LogP contribution is -2.43. The lowest BCUT2D eigenvalue weighted by Gasteiger charge is -2.35. The standard InChI is InChI=1S/C21H28N4O2/c1-2-24-10-7-16(13-20(24)26)17-14-22-21(23-15-17)27-19-8-11-25(12-9-19)18-5-3-4-6-18/h7,10,13-15,18-19H,2-6,8-9,11-12H2,1H3. The van der Waals surface area contributed by atoms with Crippen molar-refractivity contribution in [2.45, 2.75) is 64.1 Å². The van der Waals surface area contributed by atoms with Crippen LogP contribution in [0.2, 0.25) is 0 Å². The van der Waals surface area contributed by atoms with Crippen LogP contribution in [0.3, 0.4) is 0 Å². The highest BCUT2D eigenvalue weighted by atomic mass is 16.5. The Labute approximate surface area is 160 Å². The molecule has 0 unspecified atom stereocenters. The number of hydrogen-bond donors (Lipinski definition) is 0. The zero-order chi connectivity index (χ0) is 18.6. The molecule has 1 saturated carbocycles. The molecular formula is C21H28N4O2. The first-order valence-corrected chi connectivity index (χ1v) is 10.2. The number of hydrogen-bond acceptors (Lipinski definition) is 5. The molecule has 1 aliphatic carbocycles. The average molecular weight is 368 g/mol. The molecule has 0 aromatic carbocycles. The smallest absolute Gasteiger partial charge is 0.316 e. The predicted octanol–water partition coefficient (Wildman–Crippen LogP) is 3.11. The van der Waals surface area contributed by atoms with Crippen LogP contribution in [-0.4, -0.2) is 44.7 Å². The third-order valence-electron chi connectivity index (χ3n) is 5.89. The van der Waals surface area contributed by atoms with Crippen LogP contribution in [0, 0.1) is 0 Å². The average Bonchev–Trinajstić information content (AvgIpc) is 3.24. The van der Waals surface area contributed by atoms with Crippen molar-refractivity contribution in [1.29, 1.82) is 0 Å². The molecule has 4 rings (SSSR count). The molecule has 0 spiro atoms. The van der Waals surface area contributed by atoms with Gasteiger partial charge in [-0.25, -0.2) is 9.97 Å². The molecule has 2 aromatic heterocycles. The molecule has 2 aromatic rings. The van der Waals surface area contributed by atoms with Crippen LogP contribution < -0.4 is 10.3 Å².